The van der Waals surface area contributed by atoms with E-state index in [1.165, 1.54) is 31.2 Å². The minimum absolute atomic E-state index is 0.109. The molecule has 49 heavy (non-hydrogen) atoms. The topological polar surface area (TPSA) is 142 Å². The number of esters is 1. The van der Waals surface area contributed by atoms with Gasteiger partial charge in [-0.15, -0.1) is 0 Å². The standard InChI is InChI=1S/C17H22F3NO3.C15H20F3NO2.C2H4O2/c1-10(2)14(24-11(3)22)16(4,5)15(23)21-13-8-6-12(7-9-13)17(18,19)20;1-9(2)12(20)14(3,4)13(21)19-11-7-5-10(6-8-11)15(16,17)18;1-2(3)4/h6-10,14H,1-5H3,(H,21,23);5-9,12,20H,1-4H3,(H,19,21);1H3,(H,3,4). The highest BCUT2D eigenvalue weighted by Gasteiger charge is 2.41. The molecule has 2 amide bonds. The Morgan fingerprint density at radius 2 is 0.939 bits per heavy atom. The highest BCUT2D eigenvalue weighted by atomic mass is 19.4. The number of anilines is 2. The maximum atomic E-state index is 12.6. The van der Waals surface area contributed by atoms with E-state index in [-0.39, 0.29) is 23.2 Å². The van der Waals surface area contributed by atoms with E-state index in [4.69, 9.17) is 14.6 Å². The van der Waals surface area contributed by atoms with E-state index in [1.807, 2.05) is 13.8 Å². The zero-order valence-electron chi connectivity index (χ0n) is 29.1. The van der Waals surface area contributed by atoms with E-state index in [9.17, 15) is 45.8 Å². The van der Waals surface area contributed by atoms with Gasteiger partial charge in [0.25, 0.3) is 5.97 Å². The number of benzene rings is 2. The number of hydrogen-bond donors (Lipinski definition) is 4. The number of ether oxygens (including phenoxy) is 1. The van der Waals surface area contributed by atoms with Crippen molar-refractivity contribution in [3.8, 4) is 0 Å². The summed E-state index contributed by atoms with van der Waals surface area (Å²) in [4.78, 5) is 44.9. The lowest BCUT2D eigenvalue weighted by atomic mass is 9.79. The molecule has 0 radical (unpaired) electrons. The molecule has 0 saturated heterocycles. The molecule has 0 fully saturated rings. The summed E-state index contributed by atoms with van der Waals surface area (Å²) in [7, 11) is 0. The Balaban J connectivity index is 0.000000853. The van der Waals surface area contributed by atoms with Crippen molar-refractivity contribution in [2.75, 3.05) is 10.6 Å². The molecule has 2 aromatic rings. The van der Waals surface area contributed by atoms with Crippen LogP contribution in [0, 0.1) is 22.7 Å². The first-order valence-corrected chi connectivity index (χ1v) is 15.1. The Kier molecular flexibility index (Phi) is 16.5. The highest BCUT2D eigenvalue weighted by molar-refractivity contribution is 5.96. The molecule has 0 aliphatic rings. The average Bonchev–Trinajstić information content (AvgIpc) is 2.94. The largest absolute Gasteiger partial charge is 0.481 e. The monoisotopic (exact) mass is 708 g/mol. The van der Waals surface area contributed by atoms with E-state index >= 15 is 0 Å². The Bertz CT molecular complexity index is 1380. The van der Waals surface area contributed by atoms with E-state index in [1.54, 1.807) is 41.5 Å². The normalized spacial score (nSPS) is 13.2. The summed E-state index contributed by atoms with van der Waals surface area (Å²) < 4.78 is 80.2. The average molecular weight is 709 g/mol. The predicted octanol–water partition coefficient (Wildman–Crippen LogP) is 8.04. The van der Waals surface area contributed by atoms with Gasteiger partial charge < -0.3 is 25.6 Å². The van der Waals surface area contributed by atoms with Gasteiger partial charge in [-0.05, 0) is 88.1 Å². The molecule has 0 aromatic heterocycles. The summed E-state index contributed by atoms with van der Waals surface area (Å²) in [6, 6.07) is 8.36. The summed E-state index contributed by atoms with van der Waals surface area (Å²) in [6.07, 6.45) is -10.4. The van der Waals surface area contributed by atoms with Crippen molar-refractivity contribution in [1.82, 2.24) is 0 Å². The van der Waals surface area contributed by atoms with Crippen LogP contribution in [0.3, 0.4) is 0 Å². The van der Waals surface area contributed by atoms with Gasteiger partial charge in [0.2, 0.25) is 11.8 Å². The first kappa shape index (κ1) is 44.9. The number of nitrogens with one attached hydrogen (secondary N) is 2. The number of aliphatic hydroxyl groups is 1. The van der Waals surface area contributed by atoms with E-state index in [0.717, 1.165) is 31.2 Å². The van der Waals surface area contributed by atoms with Crippen molar-refractivity contribution in [3.05, 3.63) is 59.7 Å². The van der Waals surface area contributed by atoms with Crippen LogP contribution in [0.5, 0.6) is 0 Å². The highest BCUT2D eigenvalue weighted by Crippen LogP contribution is 2.34. The van der Waals surface area contributed by atoms with Gasteiger partial charge in [0.15, 0.2) is 0 Å². The fraction of sp³-hybridized carbons (Fsp3) is 0.529. The van der Waals surface area contributed by atoms with Crippen LogP contribution in [-0.4, -0.2) is 46.2 Å². The van der Waals surface area contributed by atoms with Crippen LogP contribution >= 0.6 is 0 Å². The quantitative estimate of drug-likeness (QED) is 0.153. The number of rotatable bonds is 9. The number of amides is 2. The molecule has 276 valence electrons. The molecule has 0 saturated carbocycles. The second-order valence-corrected chi connectivity index (χ2v) is 13.0. The molecule has 2 aromatic carbocycles. The number of carboxylic acid groups (broad SMARTS) is 1. The number of carbonyl (C=O) groups excluding carboxylic acids is 3. The molecule has 15 heteroatoms. The molecule has 0 aliphatic heterocycles. The van der Waals surface area contributed by atoms with Gasteiger partial charge in [-0.1, -0.05) is 27.7 Å². The minimum atomic E-state index is -4.43. The van der Waals surface area contributed by atoms with Crippen LogP contribution in [-0.2, 0) is 36.3 Å². The van der Waals surface area contributed by atoms with Crippen molar-refractivity contribution in [1.29, 1.82) is 0 Å². The molecule has 2 atom stereocenters. The van der Waals surface area contributed by atoms with Crippen LogP contribution in [0.15, 0.2) is 48.5 Å². The van der Waals surface area contributed by atoms with Gasteiger partial charge in [-0.25, -0.2) is 0 Å². The van der Waals surface area contributed by atoms with Gasteiger partial charge in [0, 0.05) is 25.2 Å². The van der Waals surface area contributed by atoms with Crippen molar-refractivity contribution >= 4 is 35.1 Å². The lowest BCUT2D eigenvalue weighted by Gasteiger charge is -2.34. The number of aliphatic hydroxyl groups excluding tert-OH is 1. The fourth-order valence-electron chi connectivity index (χ4n) is 4.46. The van der Waals surface area contributed by atoms with E-state index in [0.29, 0.717) is 0 Å². The minimum Gasteiger partial charge on any atom is -0.481 e. The Labute approximate surface area is 282 Å². The van der Waals surface area contributed by atoms with Gasteiger partial charge in [-0.3, -0.25) is 19.2 Å². The maximum absolute atomic E-state index is 12.6. The first-order valence-electron chi connectivity index (χ1n) is 15.1. The molecule has 2 unspecified atom stereocenters. The van der Waals surface area contributed by atoms with Gasteiger partial charge in [0.05, 0.1) is 28.1 Å². The summed E-state index contributed by atoms with van der Waals surface area (Å²) in [5, 5.41) is 22.6. The Hall–Kier alpha value is -4.14. The third kappa shape index (κ3) is 14.9. The predicted molar refractivity (Wildman–Crippen MR) is 172 cm³/mol. The van der Waals surface area contributed by atoms with Crippen LogP contribution in [0.4, 0.5) is 37.7 Å². The molecule has 2 rings (SSSR count). The smallest absolute Gasteiger partial charge is 0.416 e. The third-order valence-corrected chi connectivity index (χ3v) is 7.09. The molecular formula is C34H46F6N2O7. The van der Waals surface area contributed by atoms with Crippen molar-refractivity contribution in [2.45, 2.75) is 93.8 Å². The van der Waals surface area contributed by atoms with Gasteiger partial charge in [0.1, 0.15) is 6.10 Å². The molecule has 4 N–H and O–H groups in total. The summed E-state index contributed by atoms with van der Waals surface area (Å²) in [5.41, 5.74) is -3.16. The summed E-state index contributed by atoms with van der Waals surface area (Å²) in [6.45, 7) is 16.0. The number of carbonyl (C=O) groups is 4. The lowest BCUT2D eigenvalue weighted by molar-refractivity contribution is -0.159. The fourth-order valence-corrected chi connectivity index (χ4v) is 4.46. The number of hydrogen-bond acceptors (Lipinski definition) is 6. The number of aliphatic carboxylic acids is 1. The van der Waals surface area contributed by atoms with Crippen LogP contribution < -0.4 is 10.6 Å². The number of alkyl halides is 6. The SMILES string of the molecule is CC(=O)O.CC(=O)OC(C(C)C)C(C)(C)C(=O)Nc1ccc(C(F)(F)F)cc1.CC(C)C(O)C(C)(C)C(=O)Nc1ccc(C(F)(F)F)cc1. The molecule has 0 spiro atoms. The van der Waals surface area contributed by atoms with E-state index in [2.05, 4.69) is 10.6 Å². The molecule has 0 heterocycles. The first-order chi connectivity index (χ1) is 22.0. The van der Waals surface area contributed by atoms with Crippen molar-refractivity contribution < 1.29 is 60.5 Å². The Morgan fingerprint density at radius 3 is 1.18 bits per heavy atom. The Morgan fingerprint density at radius 1 is 0.633 bits per heavy atom. The molecule has 0 bridgehead atoms. The maximum Gasteiger partial charge on any atom is 0.416 e. The number of carboxylic acids is 1. The molecule has 9 nitrogen and oxygen atoms in total. The second-order valence-electron chi connectivity index (χ2n) is 13.0. The van der Waals surface area contributed by atoms with Gasteiger partial charge >= 0.3 is 18.3 Å². The zero-order valence-corrected chi connectivity index (χ0v) is 29.1. The molecule has 0 aliphatic carbocycles. The second kappa shape index (κ2) is 18.0. The van der Waals surface area contributed by atoms with Crippen LogP contribution in [0.2, 0.25) is 0 Å². The van der Waals surface area contributed by atoms with Crippen LogP contribution in [0.1, 0.15) is 80.4 Å². The summed E-state index contributed by atoms with van der Waals surface area (Å²) >= 11 is 0. The van der Waals surface area contributed by atoms with Crippen molar-refractivity contribution in [2.24, 2.45) is 22.7 Å². The zero-order chi connectivity index (χ0) is 38.7. The van der Waals surface area contributed by atoms with Crippen LogP contribution in [0.25, 0.3) is 0 Å². The number of halogens is 6. The van der Waals surface area contributed by atoms with E-state index < -0.39 is 70.3 Å². The van der Waals surface area contributed by atoms with Crippen molar-refractivity contribution in [3.63, 3.8) is 0 Å². The molecular weight excluding hydrogens is 662 g/mol. The summed E-state index contributed by atoms with van der Waals surface area (Å²) in [5.74, 6) is -2.43. The third-order valence-electron chi connectivity index (χ3n) is 7.09. The lowest BCUT2D eigenvalue weighted by Crippen LogP contribution is -2.46. The van der Waals surface area contributed by atoms with Gasteiger partial charge in [-0.2, -0.15) is 26.3 Å².